The van der Waals surface area contributed by atoms with Crippen molar-refractivity contribution in [2.75, 3.05) is 6.61 Å². The van der Waals surface area contributed by atoms with Gasteiger partial charge in [0.05, 0.1) is 23.7 Å². The maximum absolute atomic E-state index is 12.8. The Morgan fingerprint density at radius 1 is 1.03 bits per heavy atom. The summed E-state index contributed by atoms with van der Waals surface area (Å²) in [5.41, 5.74) is 3.95. The second-order valence-electron chi connectivity index (χ2n) is 8.89. The summed E-state index contributed by atoms with van der Waals surface area (Å²) in [5.74, 6) is 2.17. The molecule has 5 nitrogen and oxygen atoms in total. The Bertz CT molecular complexity index is 1270. The summed E-state index contributed by atoms with van der Waals surface area (Å²) in [4.78, 5) is 17.6. The molecule has 1 amide bonds. The normalized spacial score (nSPS) is 12.9. The summed E-state index contributed by atoms with van der Waals surface area (Å²) in [6.07, 6.45) is 1.96. The Hall–Kier alpha value is -3.12. The number of nitrogens with one attached hydrogen (secondary N) is 1. The minimum absolute atomic E-state index is 0.118. The van der Waals surface area contributed by atoms with E-state index < -0.39 is 0 Å². The monoisotopic (exact) mass is 533 g/mol. The standard InChI is InChI=1S/C29H32BrN3O2/c1-4-20(2)22-12-16-25(17-13-22)35-19-7-18-33-27-9-6-5-8-26(27)32-28(33)21(3)31-29(34)23-10-14-24(30)15-11-23/h5-6,8-17,20-21H,4,7,18-19H2,1-3H3,(H,31,34). The summed E-state index contributed by atoms with van der Waals surface area (Å²) < 4.78 is 9.14. The zero-order valence-corrected chi connectivity index (χ0v) is 22.1. The lowest BCUT2D eigenvalue weighted by Crippen LogP contribution is -2.28. The van der Waals surface area contributed by atoms with Crippen LogP contribution in [-0.4, -0.2) is 22.1 Å². The molecule has 35 heavy (non-hydrogen) atoms. The summed E-state index contributed by atoms with van der Waals surface area (Å²) in [6, 6.07) is 23.6. The molecule has 3 aromatic carbocycles. The zero-order chi connectivity index (χ0) is 24.8. The van der Waals surface area contributed by atoms with Crippen LogP contribution < -0.4 is 10.1 Å². The molecule has 0 aliphatic rings. The van der Waals surface area contributed by atoms with Crippen molar-refractivity contribution in [2.24, 2.45) is 0 Å². The minimum atomic E-state index is -0.243. The van der Waals surface area contributed by atoms with E-state index in [1.807, 2.05) is 49.4 Å². The van der Waals surface area contributed by atoms with Crippen molar-refractivity contribution in [3.8, 4) is 5.75 Å². The summed E-state index contributed by atoms with van der Waals surface area (Å²) in [6.45, 7) is 7.78. The lowest BCUT2D eigenvalue weighted by Gasteiger charge is -2.17. The molecular weight excluding hydrogens is 502 g/mol. The van der Waals surface area contributed by atoms with Crippen molar-refractivity contribution >= 4 is 32.9 Å². The van der Waals surface area contributed by atoms with E-state index in [9.17, 15) is 4.79 Å². The van der Waals surface area contributed by atoms with Crippen LogP contribution in [0.4, 0.5) is 0 Å². The van der Waals surface area contributed by atoms with Gasteiger partial charge in [-0.05, 0) is 79.8 Å². The number of imidazole rings is 1. The molecule has 1 heterocycles. The van der Waals surface area contributed by atoms with Crippen LogP contribution in [0.25, 0.3) is 11.0 Å². The molecule has 4 aromatic rings. The summed E-state index contributed by atoms with van der Waals surface area (Å²) in [5, 5.41) is 3.10. The Kier molecular flexibility index (Phi) is 8.24. The van der Waals surface area contributed by atoms with E-state index >= 15 is 0 Å². The van der Waals surface area contributed by atoms with Gasteiger partial charge in [-0.15, -0.1) is 0 Å². The number of nitrogens with zero attached hydrogens (tertiary/aromatic N) is 2. The van der Waals surface area contributed by atoms with E-state index in [4.69, 9.17) is 9.72 Å². The molecule has 1 aromatic heterocycles. The maximum atomic E-state index is 12.8. The molecular formula is C29H32BrN3O2. The number of amides is 1. The van der Waals surface area contributed by atoms with Crippen LogP contribution in [0.5, 0.6) is 5.75 Å². The second kappa shape index (κ2) is 11.5. The van der Waals surface area contributed by atoms with Gasteiger partial charge in [-0.2, -0.15) is 0 Å². The Morgan fingerprint density at radius 2 is 1.74 bits per heavy atom. The van der Waals surface area contributed by atoms with E-state index in [0.717, 1.165) is 46.5 Å². The van der Waals surface area contributed by atoms with Gasteiger partial charge in [0.25, 0.3) is 5.91 Å². The average molecular weight is 534 g/mol. The molecule has 6 heteroatoms. The van der Waals surface area contributed by atoms with Crippen molar-refractivity contribution in [3.63, 3.8) is 0 Å². The molecule has 0 aliphatic carbocycles. The van der Waals surface area contributed by atoms with Crippen LogP contribution in [-0.2, 0) is 6.54 Å². The number of ether oxygens (including phenoxy) is 1. The molecule has 1 N–H and O–H groups in total. The van der Waals surface area contributed by atoms with Crippen molar-refractivity contribution in [3.05, 3.63) is 94.2 Å². The van der Waals surface area contributed by atoms with Crippen molar-refractivity contribution in [1.82, 2.24) is 14.9 Å². The fraction of sp³-hybridized carbons (Fsp3) is 0.310. The zero-order valence-electron chi connectivity index (χ0n) is 20.5. The number of hydrogen-bond donors (Lipinski definition) is 1. The van der Waals surface area contributed by atoms with Gasteiger partial charge in [-0.3, -0.25) is 4.79 Å². The molecule has 0 fully saturated rings. The Balaban J connectivity index is 1.42. The van der Waals surface area contributed by atoms with Crippen molar-refractivity contribution < 1.29 is 9.53 Å². The molecule has 0 saturated heterocycles. The highest BCUT2D eigenvalue weighted by molar-refractivity contribution is 9.10. The first-order chi connectivity index (χ1) is 17.0. The SMILES string of the molecule is CCC(C)c1ccc(OCCCn2c(C(C)NC(=O)c3ccc(Br)cc3)nc3ccccc32)cc1. The molecule has 2 atom stereocenters. The number of carbonyl (C=O) groups excluding carboxylic acids is 1. The lowest BCUT2D eigenvalue weighted by atomic mass is 9.99. The third-order valence-electron chi connectivity index (χ3n) is 6.38. The van der Waals surface area contributed by atoms with Gasteiger partial charge in [0, 0.05) is 16.6 Å². The second-order valence-corrected chi connectivity index (χ2v) is 9.81. The average Bonchev–Trinajstić information content (AvgIpc) is 3.25. The van der Waals surface area contributed by atoms with Crippen LogP contribution in [0.1, 0.15) is 67.3 Å². The fourth-order valence-electron chi connectivity index (χ4n) is 4.15. The predicted molar refractivity (Wildman–Crippen MR) is 145 cm³/mol. The number of benzene rings is 3. The lowest BCUT2D eigenvalue weighted by molar-refractivity contribution is 0.0937. The van der Waals surface area contributed by atoms with Gasteiger partial charge in [-0.1, -0.05) is 54.0 Å². The van der Waals surface area contributed by atoms with E-state index in [1.54, 1.807) is 0 Å². The van der Waals surface area contributed by atoms with E-state index in [1.165, 1.54) is 5.56 Å². The highest BCUT2D eigenvalue weighted by Crippen LogP contribution is 2.23. The van der Waals surface area contributed by atoms with Gasteiger partial charge in [0.1, 0.15) is 11.6 Å². The van der Waals surface area contributed by atoms with E-state index in [-0.39, 0.29) is 11.9 Å². The number of halogens is 1. The smallest absolute Gasteiger partial charge is 0.251 e. The van der Waals surface area contributed by atoms with Crippen LogP contribution in [0.15, 0.2) is 77.3 Å². The molecule has 2 unspecified atom stereocenters. The number of para-hydroxylation sites is 2. The number of aryl methyl sites for hydroxylation is 1. The summed E-state index contributed by atoms with van der Waals surface area (Å²) in [7, 11) is 0. The quantitative estimate of drug-likeness (QED) is 0.218. The molecule has 182 valence electrons. The Morgan fingerprint density at radius 3 is 2.46 bits per heavy atom. The van der Waals surface area contributed by atoms with Crippen molar-refractivity contribution in [1.29, 1.82) is 0 Å². The third-order valence-corrected chi connectivity index (χ3v) is 6.91. The molecule has 0 spiro atoms. The van der Waals surface area contributed by atoms with Crippen LogP contribution in [0.2, 0.25) is 0 Å². The number of carbonyl (C=O) groups is 1. The molecule has 0 aliphatic heterocycles. The molecule has 4 rings (SSSR count). The largest absolute Gasteiger partial charge is 0.494 e. The van der Waals surface area contributed by atoms with Crippen LogP contribution >= 0.6 is 15.9 Å². The van der Waals surface area contributed by atoms with Gasteiger partial charge < -0.3 is 14.6 Å². The van der Waals surface area contributed by atoms with E-state index in [0.29, 0.717) is 18.1 Å². The number of hydrogen-bond acceptors (Lipinski definition) is 3. The number of aromatic nitrogens is 2. The van der Waals surface area contributed by atoms with Gasteiger partial charge in [-0.25, -0.2) is 4.98 Å². The summed E-state index contributed by atoms with van der Waals surface area (Å²) >= 11 is 3.41. The first-order valence-corrected chi connectivity index (χ1v) is 13.0. The fourth-order valence-corrected chi connectivity index (χ4v) is 4.41. The molecule has 0 radical (unpaired) electrons. The maximum Gasteiger partial charge on any atom is 0.251 e. The van der Waals surface area contributed by atoms with Gasteiger partial charge in [0.15, 0.2) is 0 Å². The van der Waals surface area contributed by atoms with Gasteiger partial charge in [0.2, 0.25) is 0 Å². The number of rotatable bonds is 10. The van der Waals surface area contributed by atoms with Crippen LogP contribution in [0.3, 0.4) is 0 Å². The molecule has 0 bridgehead atoms. The third kappa shape index (κ3) is 6.12. The first kappa shape index (κ1) is 25.0. The topological polar surface area (TPSA) is 56.1 Å². The first-order valence-electron chi connectivity index (χ1n) is 12.2. The molecule has 0 saturated carbocycles. The predicted octanol–water partition coefficient (Wildman–Crippen LogP) is 7.27. The van der Waals surface area contributed by atoms with Gasteiger partial charge >= 0.3 is 0 Å². The number of fused-ring (bicyclic) bond motifs is 1. The highest BCUT2D eigenvalue weighted by atomic mass is 79.9. The Labute approximate surface area is 215 Å². The van der Waals surface area contributed by atoms with E-state index in [2.05, 4.69) is 70.0 Å². The van der Waals surface area contributed by atoms with Crippen molar-refractivity contribution in [2.45, 2.75) is 52.1 Å². The van der Waals surface area contributed by atoms with Crippen LogP contribution in [0, 0.1) is 0 Å². The highest BCUT2D eigenvalue weighted by Gasteiger charge is 2.19. The minimum Gasteiger partial charge on any atom is -0.494 e.